The van der Waals surface area contributed by atoms with E-state index in [1.165, 1.54) is 13.0 Å². The van der Waals surface area contributed by atoms with Crippen LogP contribution in [0.1, 0.15) is 65.6 Å². The molecule has 1 atom stereocenters. The number of ketones is 1. The lowest BCUT2D eigenvalue weighted by atomic mass is 9.97. The number of Topliss-reactive ketones (excluding diaryl/α,β-unsaturated/α-hetero) is 1. The van der Waals surface area contributed by atoms with Crippen molar-refractivity contribution in [2.24, 2.45) is 0 Å². The van der Waals surface area contributed by atoms with Gasteiger partial charge in [0, 0.05) is 16.8 Å². The molecule has 6 heteroatoms. The molecule has 0 aliphatic carbocycles. The summed E-state index contributed by atoms with van der Waals surface area (Å²) in [5.41, 5.74) is 2.74. The fourth-order valence-electron chi connectivity index (χ4n) is 4.02. The van der Waals surface area contributed by atoms with Crippen LogP contribution in [0.3, 0.4) is 0 Å². The van der Waals surface area contributed by atoms with E-state index in [0.29, 0.717) is 27.8 Å². The molecule has 0 bridgehead atoms. The first-order chi connectivity index (χ1) is 16.8. The fourth-order valence-corrected chi connectivity index (χ4v) is 4.02. The van der Waals surface area contributed by atoms with Gasteiger partial charge in [0.2, 0.25) is 5.43 Å². The highest BCUT2D eigenvalue weighted by Gasteiger charge is 2.23. The van der Waals surface area contributed by atoms with Gasteiger partial charge in [-0.3, -0.25) is 9.59 Å². The molecule has 35 heavy (non-hydrogen) atoms. The summed E-state index contributed by atoms with van der Waals surface area (Å²) in [6.45, 7) is 9.08. The summed E-state index contributed by atoms with van der Waals surface area (Å²) in [6, 6.07) is 18.9. The number of aryl methyl sites for hydroxylation is 1. The zero-order chi connectivity index (χ0) is 25.7. The number of nitrogens with one attached hydrogen (secondary N) is 1. The van der Waals surface area contributed by atoms with Crippen LogP contribution in [0.5, 0.6) is 0 Å². The molecule has 4 rings (SSSR count). The van der Waals surface area contributed by atoms with Gasteiger partial charge >= 0.3 is 5.97 Å². The lowest BCUT2D eigenvalue weighted by molar-refractivity contribution is 0.0697. The number of para-hydroxylation sites is 1. The number of carbonyl (C=O) groups is 2. The van der Waals surface area contributed by atoms with E-state index in [1.54, 1.807) is 36.4 Å². The van der Waals surface area contributed by atoms with Crippen molar-refractivity contribution >= 4 is 28.4 Å². The Morgan fingerprint density at radius 1 is 0.971 bits per heavy atom. The minimum atomic E-state index is -1.04. The van der Waals surface area contributed by atoms with Crippen LogP contribution in [0.25, 0.3) is 22.3 Å². The molecule has 3 aromatic carbocycles. The number of hydrogen-bond acceptors (Lipinski definition) is 5. The highest BCUT2D eigenvalue weighted by molar-refractivity contribution is 6.02. The molecular formula is C29H29NO5. The molecule has 0 saturated heterocycles. The molecular weight excluding hydrogens is 442 g/mol. The van der Waals surface area contributed by atoms with Crippen LogP contribution in [-0.2, 0) is 0 Å². The maximum atomic E-state index is 13.4. The number of carboxylic acid groups (broad SMARTS) is 1. The van der Waals surface area contributed by atoms with Gasteiger partial charge in [-0.1, -0.05) is 62.4 Å². The predicted octanol–water partition coefficient (Wildman–Crippen LogP) is 6.87. The summed E-state index contributed by atoms with van der Waals surface area (Å²) in [5.74, 6) is -1.18. The molecule has 1 aromatic heterocycles. The molecule has 1 heterocycles. The number of benzene rings is 3. The number of carboxylic acids is 1. The Morgan fingerprint density at radius 2 is 1.60 bits per heavy atom. The van der Waals surface area contributed by atoms with Crippen molar-refractivity contribution in [3.8, 4) is 11.3 Å². The highest BCUT2D eigenvalue weighted by Crippen LogP contribution is 2.33. The molecule has 0 aliphatic rings. The second kappa shape index (κ2) is 10.8. The normalized spacial score (nSPS) is 11.3. The Labute approximate surface area is 204 Å². The summed E-state index contributed by atoms with van der Waals surface area (Å²) >= 11 is 0. The third kappa shape index (κ3) is 5.17. The van der Waals surface area contributed by atoms with E-state index >= 15 is 0 Å². The largest absolute Gasteiger partial charge is 0.478 e. The average molecular weight is 472 g/mol. The average Bonchev–Trinajstić information content (AvgIpc) is 2.85. The summed E-state index contributed by atoms with van der Waals surface area (Å²) in [4.78, 5) is 37.5. The quantitative estimate of drug-likeness (QED) is 0.298. The third-order valence-corrected chi connectivity index (χ3v) is 5.55. The van der Waals surface area contributed by atoms with E-state index in [4.69, 9.17) is 4.42 Å². The Hall–Kier alpha value is -4.19. The monoisotopic (exact) mass is 471 g/mol. The van der Waals surface area contributed by atoms with Gasteiger partial charge in [-0.05, 0) is 44.5 Å². The second-order valence-electron chi connectivity index (χ2n) is 8.01. The first kappa shape index (κ1) is 25.4. The Morgan fingerprint density at radius 3 is 2.23 bits per heavy atom. The molecule has 1 unspecified atom stereocenters. The summed E-state index contributed by atoms with van der Waals surface area (Å²) < 4.78 is 6.27. The SMILES string of the molecule is CC.CC(=O)c1c(-c2ccccc2)oc2c(C(C)Nc3ccccc3C(=O)O)cc(C)cc2c1=O. The summed E-state index contributed by atoms with van der Waals surface area (Å²) in [5, 5.41) is 13.1. The summed E-state index contributed by atoms with van der Waals surface area (Å²) in [6.07, 6.45) is 0. The van der Waals surface area contributed by atoms with Crippen LogP contribution in [0, 0.1) is 6.92 Å². The van der Waals surface area contributed by atoms with Crippen molar-refractivity contribution in [2.45, 2.75) is 40.7 Å². The van der Waals surface area contributed by atoms with Crippen molar-refractivity contribution in [1.82, 2.24) is 0 Å². The maximum Gasteiger partial charge on any atom is 0.337 e. The van der Waals surface area contributed by atoms with Gasteiger partial charge in [0.05, 0.1) is 17.0 Å². The first-order valence-corrected chi connectivity index (χ1v) is 11.5. The molecule has 0 fully saturated rings. The molecule has 180 valence electrons. The van der Waals surface area contributed by atoms with Crippen LogP contribution < -0.4 is 10.7 Å². The van der Waals surface area contributed by atoms with Crippen LogP contribution in [0.15, 0.2) is 75.9 Å². The zero-order valence-electron chi connectivity index (χ0n) is 20.5. The highest BCUT2D eigenvalue weighted by atomic mass is 16.4. The van der Waals surface area contributed by atoms with Crippen LogP contribution in [0.2, 0.25) is 0 Å². The molecule has 0 radical (unpaired) electrons. The number of hydrogen-bond donors (Lipinski definition) is 2. The lowest BCUT2D eigenvalue weighted by Crippen LogP contribution is -2.17. The number of anilines is 1. The molecule has 4 aromatic rings. The van der Waals surface area contributed by atoms with Crippen molar-refractivity contribution in [3.05, 3.63) is 99.2 Å². The van der Waals surface area contributed by atoms with E-state index in [0.717, 1.165) is 5.56 Å². The fraction of sp³-hybridized carbons (Fsp3) is 0.207. The minimum Gasteiger partial charge on any atom is -0.478 e. The minimum absolute atomic E-state index is 0.0158. The number of rotatable bonds is 6. The lowest BCUT2D eigenvalue weighted by Gasteiger charge is -2.20. The van der Waals surface area contributed by atoms with E-state index < -0.39 is 5.97 Å². The predicted molar refractivity (Wildman–Crippen MR) is 139 cm³/mol. The van der Waals surface area contributed by atoms with Crippen molar-refractivity contribution in [1.29, 1.82) is 0 Å². The van der Waals surface area contributed by atoms with Gasteiger partial charge in [-0.2, -0.15) is 0 Å². The standard InChI is InChI=1S/C27H23NO5.C2H6/c1-15-13-20(16(2)28-22-12-8-7-11-19(22)27(31)32)26-21(14-15)24(30)23(17(3)29)25(33-26)18-9-5-4-6-10-18;1-2/h4-14,16,28H,1-3H3,(H,31,32);1-2H3. The topological polar surface area (TPSA) is 96.6 Å². The van der Waals surface area contributed by atoms with Crippen molar-refractivity contribution in [3.63, 3.8) is 0 Å². The van der Waals surface area contributed by atoms with Gasteiger partial charge < -0.3 is 14.8 Å². The van der Waals surface area contributed by atoms with Gasteiger partial charge in [0.25, 0.3) is 0 Å². The molecule has 0 spiro atoms. The second-order valence-corrected chi connectivity index (χ2v) is 8.01. The zero-order valence-corrected chi connectivity index (χ0v) is 20.5. The molecule has 6 nitrogen and oxygen atoms in total. The number of aromatic carboxylic acids is 1. The van der Waals surface area contributed by atoms with Crippen molar-refractivity contribution in [2.75, 3.05) is 5.32 Å². The smallest absolute Gasteiger partial charge is 0.337 e. The first-order valence-electron chi connectivity index (χ1n) is 11.5. The Bertz CT molecular complexity index is 1440. The van der Waals surface area contributed by atoms with Crippen LogP contribution in [-0.4, -0.2) is 16.9 Å². The van der Waals surface area contributed by atoms with Gasteiger partial charge in [-0.25, -0.2) is 4.79 Å². The van der Waals surface area contributed by atoms with E-state index in [-0.39, 0.29) is 34.1 Å². The van der Waals surface area contributed by atoms with E-state index in [2.05, 4.69) is 5.32 Å². The maximum absolute atomic E-state index is 13.4. The molecule has 2 N–H and O–H groups in total. The van der Waals surface area contributed by atoms with Crippen LogP contribution in [0.4, 0.5) is 5.69 Å². The van der Waals surface area contributed by atoms with Crippen molar-refractivity contribution < 1.29 is 19.1 Å². The van der Waals surface area contributed by atoms with Gasteiger partial charge in [-0.15, -0.1) is 0 Å². The number of carbonyl (C=O) groups excluding carboxylic acids is 1. The summed E-state index contributed by atoms with van der Waals surface area (Å²) in [7, 11) is 0. The Balaban J connectivity index is 0.00000167. The van der Waals surface area contributed by atoms with Crippen LogP contribution >= 0.6 is 0 Å². The molecule has 0 aliphatic heterocycles. The third-order valence-electron chi connectivity index (χ3n) is 5.55. The molecule has 0 amide bonds. The molecule has 0 saturated carbocycles. The van der Waals surface area contributed by atoms with E-state index in [9.17, 15) is 19.5 Å². The van der Waals surface area contributed by atoms with Gasteiger partial charge in [0.1, 0.15) is 16.9 Å². The van der Waals surface area contributed by atoms with Gasteiger partial charge in [0.15, 0.2) is 5.78 Å². The van der Waals surface area contributed by atoms with E-state index in [1.807, 2.05) is 52.0 Å². The number of fused-ring (bicyclic) bond motifs is 1. The Kier molecular flexibility index (Phi) is 7.87.